The van der Waals surface area contributed by atoms with Crippen LogP contribution in [0, 0.1) is 0 Å². The highest BCUT2D eigenvalue weighted by Crippen LogP contribution is 2.21. The zero-order chi connectivity index (χ0) is 9.38. The SMILES string of the molecule is N.c1ccc2c(c1)ccc1cncnc12. The third kappa shape index (κ3) is 1.43. The average molecular weight is 197 g/mol. The molecule has 0 aliphatic rings. The molecule has 0 unspecified atom stereocenters. The number of hydrogen-bond donors (Lipinski definition) is 1. The van der Waals surface area contributed by atoms with Gasteiger partial charge in [-0.2, -0.15) is 0 Å². The van der Waals surface area contributed by atoms with E-state index < -0.39 is 0 Å². The number of hydrogen-bond acceptors (Lipinski definition) is 3. The van der Waals surface area contributed by atoms with Crippen LogP contribution in [0.1, 0.15) is 0 Å². The van der Waals surface area contributed by atoms with Crippen LogP contribution in [0.4, 0.5) is 0 Å². The van der Waals surface area contributed by atoms with Crippen LogP contribution >= 0.6 is 0 Å². The van der Waals surface area contributed by atoms with Crippen molar-refractivity contribution in [2.75, 3.05) is 0 Å². The van der Waals surface area contributed by atoms with Crippen molar-refractivity contribution in [3.8, 4) is 0 Å². The van der Waals surface area contributed by atoms with E-state index in [9.17, 15) is 0 Å². The maximum absolute atomic E-state index is 4.30. The molecule has 1 heterocycles. The maximum atomic E-state index is 4.30. The van der Waals surface area contributed by atoms with Crippen LogP contribution in [0.25, 0.3) is 21.7 Å². The quantitative estimate of drug-likeness (QED) is 0.563. The Morgan fingerprint density at radius 2 is 1.67 bits per heavy atom. The second-order valence-electron chi connectivity index (χ2n) is 3.25. The smallest absolute Gasteiger partial charge is 0.116 e. The second kappa shape index (κ2) is 3.63. The predicted molar refractivity (Wildman–Crippen MR) is 62.1 cm³/mol. The van der Waals surface area contributed by atoms with Crippen LogP contribution < -0.4 is 6.15 Å². The lowest BCUT2D eigenvalue weighted by Crippen LogP contribution is -1.82. The number of rotatable bonds is 0. The van der Waals surface area contributed by atoms with Crippen molar-refractivity contribution in [2.24, 2.45) is 0 Å². The molecule has 0 aliphatic carbocycles. The minimum Gasteiger partial charge on any atom is -0.344 e. The van der Waals surface area contributed by atoms with Gasteiger partial charge < -0.3 is 6.15 Å². The third-order valence-corrected chi connectivity index (χ3v) is 2.40. The molecule has 0 saturated heterocycles. The van der Waals surface area contributed by atoms with Crippen molar-refractivity contribution >= 4 is 21.7 Å². The first-order valence-electron chi connectivity index (χ1n) is 4.52. The van der Waals surface area contributed by atoms with Crippen molar-refractivity contribution in [2.45, 2.75) is 0 Å². The Morgan fingerprint density at radius 1 is 0.867 bits per heavy atom. The van der Waals surface area contributed by atoms with E-state index in [-0.39, 0.29) is 6.15 Å². The Bertz CT molecular complexity index is 550. The summed E-state index contributed by atoms with van der Waals surface area (Å²) in [6.07, 6.45) is 3.43. The van der Waals surface area contributed by atoms with E-state index >= 15 is 0 Å². The first-order valence-corrected chi connectivity index (χ1v) is 4.52. The summed E-state index contributed by atoms with van der Waals surface area (Å²) < 4.78 is 0. The molecule has 1 aromatic heterocycles. The van der Waals surface area contributed by atoms with Crippen LogP contribution in [0.3, 0.4) is 0 Å². The molecule has 0 aliphatic heterocycles. The highest BCUT2D eigenvalue weighted by atomic mass is 14.8. The van der Waals surface area contributed by atoms with Gasteiger partial charge in [0.25, 0.3) is 0 Å². The molecule has 0 bridgehead atoms. The zero-order valence-corrected chi connectivity index (χ0v) is 8.22. The number of aromatic nitrogens is 2. The van der Waals surface area contributed by atoms with Crippen molar-refractivity contribution in [1.82, 2.24) is 16.1 Å². The summed E-state index contributed by atoms with van der Waals surface area (Å²) in [5.74, 6) is 0. The molecule has 0 atom stereocenters. The van der Waals surface area contributed by atoms with Gasteiger partial charge in [0.15, 0.2) is 0 Å². The predicted octanol–water partition coefficient (Wildman–Crippen LogP) is 2.95. The largest absolute Gasteiger partial charge is 0.344 e. The Balaban J connectivity index is 0.000000853. The summed E-state index contributed by atoms with van der Waals surface area (Å²) in [6.45, 7) is 0. The minimum atomic E-state index is 0. The molecule has 0 amide bonds. The van der Waals surface area contributed by atoms with Crippen molar-refractivity contribution < 1.29 is 0 Å². The Morgan fingerprint density at radius 3 is 2.60 bits per heavy atom. The molecule has 0 saturated carbocycles. The molecule has 3 rings (SSSR count). The molecule has 3 nitrogen and oxygen atoms in total. The molecule has 2 aromatic carbocycles. The van der Waals surface area contributed by atoms with Gasteiger partial charge in [0.1, 0.15) is 6.33 Å². The van der Waals surface area contributed by atoms with Crippen LogP contribution in [-0.2, 0) is 0 Å². The molecular weight excluding hydrogens is 186 g/mol. The number of fused-ring (bicyclic) bond motifs is 3. The van der Waals surface area contributed by atoms with E-state index in [0.717, 1.165) is 10.9 Å². The van der Waals surface area contributed by atoms with E-state index in [2.05, 4.69) is 34.2 Å². The molecule has 0 radical (unpaired) electrons. The molecule has 15 heavy (non-hydrogen) atoms. The summed E-state index contributed by atoms with van der Waals surface area (Å²) >= 11 is 0. The fourth-order valence-corrected chi connectivity index (χ4v) is 1.72. The average Bonchev–Trinajstić information content (AvgIpc) is 2.29. The Labute approximate surface area is 87.4 Å². The van der Waals surface area contributed by atoms with E-state index in [1.165, 1.54) is 10.8 Å². The molecule has 0 spiro atoms. The first kappa shape index (κ1) is 9.55. The zero-order valence-electron chi connectivity index (χ0n) is 8.22. The fraction of sp³-hybridized carbons (Fsp3) is 0. The molecule has 74 valence electrons. The van der Waals surface area contributed by atoms with Gasteiger partial charge in [-0.1, -0.05) is 36.4 Å². The molecular formula is C12H11N3. The van der Waals surface area contributed by atoms with Gasteiger partial charge in [-0.3, -0.25) is 0 Å². The molecule has 0 fully saturated rings. The van der Waals surface area contributed by atoms with E-state index in [4.69, 9.17) is 0 Å². The van der Waals surface area contributed by atoms with Crippen LogP contribution in [0.15, 0.2) is 48.9 Å². The lowest BCUT2D eigenvalue weighted by molar-refractivity contribution is 1.23. The van der Waals surface area contributed by atoms with Gasteiger partial charge >= 0.3 is 0 Å². The fourth-order valence-electron chi connectivity index (χ4n) is 1.72. The van der Waals surface area contributed by atoms with Gasteiger partial charge in [-0.15, -0.1) is 0 Å². The first-order chi connectivity index (χ1) is 6.95. The highest BCUT2D eigenvalue weighted by Gasteiger charge is 1.99. The summed E-state index contributed by atoms with van der Waals surface area (Å²) in [5, 5.41) is 3.50. The summed E-state index contributed by atoms with van der Waals surface area (Å²) in [4.78, 5) is 8.31. The lowest BCUT2D eigenvalue weighted by atomic mass is 10.1. The number of nitrogens with zero attached hydrogens (tertiary/aromatic N) is 2. The topological polar surface area (TPSA) is 60.8 Å². The van der Waals surface area contributed by atoms with Gasteiger partial charge in [-0.25, -0.2) is 9.97 Å². The summed E-state index contributed by atoms with van der Waals surface area (Å²) in [6, 6.07) is 12.4. The monoisotopic (exact) mass is 197 g/mol. The molecule has 3 heteroatoms. The van der Waals surface area contributed by atoms with Gasteiger partial charge in [0, 0.05) is 17.0 Å². The summed E-state index contributed by atoms with van der Waals surface area (Å²) in [7, 11) is 0. The number of benzene rings is 2. The van der Waals surface area contributed by atoms with Crippen molar-refractivity contribution in [1.29, 1.82) is 0 Å². The second-order valence-corrected chi connectivity index (χ2v) is 3.25. The normalized spacial score (nSPS) is 10.1. The van der Waals surface area contributed by atoms with Crippen LogP contribution in [0.5, 0.6) is 0 Å². The van der Waals surface area contributed by atoms with Crippen LogP contribution in [-0.4, -0.2) is 9.97 Å². The molecule has 3 N–H and O–H groups in total. The van der Waals surface area contributed by atoms with Crippen molar-refractivity contribution in [3.63, 3.8) is 0 Å². The third-order valence-electron chi connectivity index (χ3n) is 2.40. The summed E-state index contributed by atoms with van der Waals surface area (Å²) in [5.41, 5.74) is 1.03. The van der Waals surface area contributed by atoms with Gasteiger partial charge in [0.05, 0.1) is 5.52 Å². The lowest BCUT2D eigenvalue weighted by Gasteiger charge is -2.00. The van der Waals surface area contributed by atoms with Crippen molar-refractivity contribution in [3.05, 3.63) is 48.9 Å². The van der Waals surface area contributed by atoms with E-state index in [0.29, 0.717) is 0 Å². The standard InChI is InChI=1S/C12H8N2.H3N/c1-2-4-11-9(3-1)5-6-10-7-13-8-14-12(10)11;/h1-8H;1H3. The Kier molecular flexibility index (Phi) is 2.31. The van der Waals surface area contributed by atoms with Gasteiger partial charge in [-0.05, 0) is 5.39 Å². The van der Waals surface area contributed by atoms with E-state index in [1.54, 1.807) is 6.33 Å². The molecule has 3 aromatic rings. The van der Waals surface area contributed by atoms with Gasteiger partial charge in [0.2, 0.25) is 0 Å². The minimum absolute atomic E-state index is 0. The van der Waals surface area contributed by atoms with E-state index in [1.807, 2.05) is 18.3 Å². The highest BCUT2D eigenvalue weighted by molar-refractivity contribution is 6.04. The Hall–Kier alpha value is -2.00. The maximum Gasteiger partial charge on any atom is 0.116 e. The van der Waals surface area contributed by atoms with Crippen LogP contribution in [0.2, 0.25) is 0 Å².